The lowest BCUT2D eigenvalue weighted by Crippen LogP contribution is -2.39. The number of aliphatic imine (C=N–C) groups is 1. The van der Waals surface area contributed by atoms with Gasteiger partial charge >= 0.3 is 0 Å². The number of aryl methyl sites for hydroxylation is 1. The SMILES string of the molecule is CCNC(=NCc1ncnn1C)NCC(OC)c1ccc(F)cc1. The second-order valence-electron chi connectivity index (χ2n) is 5.15. The van der Waals surface area contributed by atoms with Crippen molar-refractivity contribution in [3.8, 4) is 0 Å². The standard InChI is InChI=1S/C16H23FN6O/c1-4-18-16(20-10-15-21-11-22-23(15)2)19-9-14(24-3)12-5-7-13(17)8-6-12/h5-8,11,14H,4,9-10H2,1-3H3,(H2,18,19,20). The first kappa shape index (κ1) is 17.9. The highest BCUT2D eigenvalue weighted by atomic mass is 19.1. The zero-order valence-corrected chi connectivity index (χ0v) is 14.2. The maximum Gasteiger partial charge on any atom is 0.191 e. The fourth-order valence-corrected chi connectivity index (χ4v) is 2.16. The van der Waals surface area contributed by atoms with E-state index in [1.165, 1.54) is 18.5 Å². The van der Waals surface area contributed by atoms with E-state index in [0.29, 0.717) is 19.0 Å². The smallest absolute Gasteiger partial charge is 0.191 e. The molecule has 0 aliphatic carbocycles. The van der Waals surface area contributed by atoms with E-state index >= 15 is 0 Å². The number of benzene rings is 1. The Hall–Kier alpha value is -2.48. The number of ether oxygens (including phenoxy) is 1. The molecule has 0 amide bonds. The van der Waals surface area contributed by atoms with Gasteiger partial charge in [-0.15, -0.1) is 0 Å². The van der Waals surface area contributed by atoms with Crippen LogP contribution in [0.4, 0.5) is 4.39 Å². The lowest BCUT2D eigenvalue weighted by Gasteiger charge is -2.18. The summed E-state index contributed by atoms with van der Waals surface area (Å²) >= 11 is 0. The molecule has 1 aromatic carbocycles. The highest BCUT2D eigenvalue weighted by molar-refractivity contribution is 5.79. The number of rotatable bonds is 7. The van der Waals surface area contributed by atoms with Gasteiger partial charge in [0.25, 0.3) is 0 Å². The normalized spacial score (nSPS) is 12.9. The number of nitrogens with one attached hydrogen (secondary N) is 2. The molecule has 0 bridgehead atoms. The summed E-state index contributed by atoms with van der Waals surface area (Å²) in [6.07, 6.45) is 1.30. The highest BCUT2D eigenvalue weighted by Crippen LogP contribution is 2.16. The Labute approximate surface area is 141 Å². The average Bonchev–Trinajstić information content (AvgIpc) is 2.99. The molecular weight excluding hydrogens is 311 g/mol. The van der Waals surface area contributed by atoms with E-state index in [1.807, 2.05) is 14.0 Å². The summed E-state index contributed by atoms with van der Waals surface area (Å²) in [5, 5.41) is 10.4. The van der Waals surface area contributed by atoms with Crippen molar-refractivity contribution >= 4 is 5.96 Å². The van der Waals surface area contributed by atoms with E-state index in [-0.39, 0.29) is 11.9 Å². The third-order valence-corrected chi connectivity index (χ3v) is 3.51. The van der Waals surface area contributed by atoms with E-state index < -0.39 is 0 Å². The molecule has 1 atom stereocenters. The Bertz CT molecular complexity index is 655. The Balaban J connectivity index is 1.98. The number of aromatic nitrogens is 3. The van der Waals surface area contributed by atoms with Crippen LogP contribution < -0.4 is 10.6 Å². The molecule has 0 fully saturated rings. The first-order chi connectivity index (χ1) is 11.6. The topological polar surface area (TPSA) is 76.4 Å². The van der Waals surface area contributed by atoms with Crippen LogP contribution in [0.25, 0.3) is 0 Å². The number of methoxy groups -OCH3 is 1. The summed E-state index contributed by atoms with van der Waals surface area (Å²) in [7, 11) is 3.45. The van der Waals surface area contributed by atoms with Gasteiger partial charge in [0.15, 0.2) is 5.96 Å². The van der Waals surface area contributed by atoms with E-state index in [0.717, 1.165) is 17.9 Å². The first-order valence-electron chi connectivity index (χ1n) is 7.77. The third kappa shape index (κ3) is 5.02. The monoisotopic (exact) mass is 334 g/mol. The van der Waals surface area contributed by atoms with Crippen molar-refractivity contribution in [1.29, 1.82) is 0 Å². The lowest BCUT2D eigenvalue weighted by atomic mass is 10.1. The number of nitrogens with zero attached hydrogens (tertiary/aromatic N) is 4. The maximum atomic E-state index is 13.0. The largest absolute Gasteiger partial charge is 0.375 e. The van der Waals surface area contributed by atoms with Crippen LogP contribution in [0.15, 0.2) is 35.6 Å². The molecule has 2 rings (SSSR count). The van der Waals surface area contributed by atoms with Gasteiger partial charge in [0.2, 0.25) is 0 Å². The summed E-state index contributed by atoms with van der Waals surface area (Å²) in [5.74, 6) is 1.17. The van der Waals surface area contributed by atoms with Gasteiger partial charge in [0.1, 0.15) is 24.5 Å². The fraction of sp³-hybridized carbons (Fsp3) is 0.438. The van der Waals surface area contributed by atoms with Crippen LogP contribution >= 0.6 is 0 Å². The Morgan fingerprint density at radius 1 is 1.33 bits per heavy atom. The average molecular weight is 334 g/mol. The molecule has 0 aliphatic heterocycles. The zero-order valence-electron chi connectivity index (χ0n) is 14.2. The molecule has 1 unspecified atom stereocenters. The number of halogens is 1. The van der Waals surface area contributed by atoms with Crippen LogP contribution in [-0.4, -0.2) is 40.9 Å². The summed E-state index contributed by atoms with van der Waals surface area (Å²) in [4.78, 5) is 8.63. The predicted octanol–water partition coefficient (Wildman–Crippen LogP) is 1.40. The van der Waals surface area contributed by atoms with E-state index in [1.54, 1.807) is 23.9 Å². The molecule has 7 nitrogen and oxygen atoms in total. The van der Waals surface area contributed by atoms with Crippen LogP contribution in [0.1, 0.15) is 24.4 Å². The van der Waals surface area contributed by atoms with Crippen molar-refractivity contribution in [2.45, 2.75) is 19.6 Å². The van der Waals surface area contributed by atoms with Crippen molar-refractivity contribution in [1.82, 2.24) is 25.4 Å². The maximum absolute atomic E-state index is 13.0. The summed E-state index contributed by atoms with van der Waals surface area (Å²) in [6, 6.07) is 6.28. The van der Waals surface area contributed by atoms with Gasteiger partial charge in [-0.1, -0.05) is 12.1 Å². The van der Waals surface area contributed by atoms with Crippen molar-refractivity contribution < 1.29 is 9.13 Å². The van der Waals surface area contributed by atoms with Crippen molar-refractivity contribution in [3.63, 3.8) is 0 Å². The highest BCUT2D eigenvalue weighted by Gasteiger charge is 2.11. The molecule has 1 heterocycles. The molecule has 1 aromatic heterocycles. The van der Waals surface area contributed by atoms with Crippen molar-refractivity contribution in [3.05, 3.63) is 47.8 Å². The quantitative estimate of drug-likeness (QED) is 0.591. The van der Waals surface area contributed by atoms with E-state index in [4.69, 9.17) is 4.74 Å². The minimum Gasteiger partial charge on any atom is -0.375 e. The molecule has 0 saturated heterocycles. The van der Waals surface area contributed by atoms with Gasteiger partial charge < -0.3 is 15.4 Å². The number of guanidine groups is 1. The second kappa shape index (κ2) is 8.97. The molecule has 0 radical (unpaired) electrons. The zero-order chi connectivity index (χ0) is 17.4. The van der Waals surface area contributed by atoms with Crippen molar-refractivity contribution in [2.24, 2.45) is 12.0 Å². The minimum absolute atomic E-state index is 0.204. The molecule has 8 heteroatoms. The molecule has 2 N–H and O–H groups in total. The molecule has 0 aliphatic rings. The van der Waals surface area contributed by atoms with Gasteiger partial charge in [0, 0.05) is 27.2 Å². The van der Waals surface area contributed by atoms with Gasteiger partial charge in [0.05, 0.1) is 6.10 Å². The summed E-state index contributed by atoms with van der Waals surface area (Å²) in [5.41, 5.74) is 0.899. The number of hydrogen-bond acceptors (Lipinski definition) is 4. The summed E-state index contributed by atoms with van der Waals surface area (Å²) in [6.45, 7) is 3.65. The fourth-order valence-electron chi connectivity index (χ4n) is 2.16. The van der Waals surface area contributed by atoms with Crippen LogP contribution in [-0.2, 0) is 18.3 Å². The molecule has 130 valence electrons. The molecular formula is C16H23FN6O. The lowest BCUT2D eigenvalue weighted by molar-refractivity contribution is 0.106. The van der Waals surface area contributed by atoms with Gasteiger partial charge in [-0.25, -0.2) is 14.4 Å². The Morgan fingerprint density at radius 2 is 2.08 bits per heavy atom. The van der Waals surface area contributed by atoms with E-state index in [9.17, 15) is 4.39 Å². The number of hydrogen-bond donors (Lipinski definition) is 2. The second-order valence-corrected chi connectivity index (χ2v) is 5.15. The van der Waals surface area contributed by atoms with Crippen LogP contribution in [0, 0.1) is 5.82 Å². The first-order valence-corrected chi connectivity index (χ1v) is 7.77. The third-order valence-electron chi connectivity index (χ3n) is 3.51. The van der Waals surface area contributed by atoms with Crippen LogP contribution in [0.3, 0.4) is 0 Å². The van der Waals surface area contributed by atoms with Crippen LogP contribution in [0.5, 0.6) is 0 Å². The molecule has 2 aromatic rings. The minimum atomic E-state index is -0.264. The van der Waals surface area contributed by atoms with Crippen LogP contribution in [0.2, 0.25) is 0 Å². The molecule has 0 saturated carbocycles. The predicted molar refractivity (Wildman–Crippen MR) is 90.0 cm³/mol. The Kier molecular flexibility index (Phi) is 6.68. The Morgan fingerprint density at radius 3 is 2.67 bits per heavy atom. The molecule has 24 heavy (non-hydrogen) atoms. The molecule has 0 spiro atoms. The van der Waals surface area contributed by atoms with E-state index in [2.05, 4.69) is 25.7 Å². The van der Waals surface area contributed by atoms with Gasteiger partial charge in [-0.2, -0.15) is 5.10 Å². The van der Waals surface area contributed by atoms with Crippen molar-refractivity contribution in [2.75, 3.05) is 20.2 Å². The van der Waals surface area contributed by atoms with Gasteiger partial charge in [-0.3, -0.25) is 4.68 Å². The van der Waals surface area contributed by atoms with Gasteiger partial charge in [-0.05, 0) is 24.6 Å². The summed E-state index contributed by atoms with van der Waals surface area (Å²) < 4.78 is 20.2.